The Morgan fingerprint density at radius 3 is 2.78 bits per heavy atom. The molecule has 0 radical (unpaired) electrons. The summed E-state index contributed by atoms with van der Waals surface area (Å²) in [6.45, 7) is 4.98. The van der Waals surface area contributed by atoms with Crippen LogP contribution in [0.3, 0.4) is 0 Å². The van der Waals surface area contributed by atoms with Crippen molar-refractivity contribution in [3.05, 3.63) is 47.5 Å². The number of H-pyrrole nitrogens is 1. The van der Waals surface area contributed by atoms with E-state index in [1.165, 1.54) is 11.8 Å². The molecule has 4 aromatic rings. The summed E-state index contributed by atoms with van der Waals surface area (Å²) in [5.41, 5.74) is 3.16. The van der Waals surface area contributed by atoms with Gasteiger partial charge in [0, 0.05) is 48.7 Å². The largest absolute Gasteiger partial charge is 0.408 e. The Morgan fingerprint density at radius 1 is 1.14 bits per heavy atom. The van der Waals surface area contributed by atoms with Crippen LogP contribution in [0, 0.1) is 23.7 Å². The highest BCUT2D eigenvalue weighted by Gasteiger charge is 2.44. The molecule has 0 amide bonds. The normalized spacial score (nSPS) is 20.8. The van der Waals surface area contributed by atoms with Crippen molar-refractivity contribution in [3.63, 3.8) is 0 Å². The number of aryl methyl sites for hydroxylation is 1. The molecule has 2 saturated heterocycles. The number of benzene rings is 1. The SMILES string of the molecule is Cc1nc(N2CCC3(CCN(Cc4ccc5cc(C#N)[nH]c5c4)C3)C2)c2cn(CC(F)(F)F)nc2n1. The van der Waals surface area contributed by atoms with Crippen LogP contribution in [-0.2, 0) is 13.1 Å². The predicted molar refractivity (Wildman–Crippen MR) is 128 cm³/mol. The molecule has 11 heteroatoms. The molecule has 3 aromatic heterocycles. The molecular weight excluding hydrogens is 469 g/mol. The first-order valence-corrected chi connectivity index (χ1v) is 12.0. The fourth-order valence-corrected chi connectivity index (χ4v) is 5.75. The highest BCUT2D eigenvalue weighted by Crippen LogP contribution is 2.42. The lowest BCUT2D eigenvalue weighted by Crippen LogP contribution is -2.31. The highest BCUT2D eigenvalue weighted by atomic mass is 19.4. The molecule has 1 N–H and O–H groups in total. The van der Waals surface area contributed by atoms with Gasteiger partial charge in [0.05, 0.1) is 5.39 Å². The summed E-state index contributed by atoms with van der Waals surface area (Å²) in [6, 6.07) is 10.3. The van der Waals surface area contributed by atoms with Crippen LogP contribution in [0.15, 0.2) is 30.5 Å². The molecule has 6 rings (SSSR count). The van der Waals surface area contributed by atoms with Gasteiger partial charge in [-0.3, -0.25) is 9.58 Å². The Morgan fingerprint density at radius 2 is 1.97 bits per heavy atom. The van der Waals surface area contributed by atoms with E-state index in [4.69, 9.17) is 5.26 Å². The summed E-state index contributed by atoms with van der Waals surface area (Å²) < 4.78 is 39.6. The summed E-state index contributed by atoms with van der Waals surface area (Å²) in [5, 5.41) is 14.8. The number of hydrogen-bond donors (Lipinski definition) is 1. The van der Waals surface area contributed by atoms with Gasteiger partial charge in [0.25, 0.3) is 0 Å². The average molecular weight is 495 g/mol. The van der Waals surface area contributed by atoms with Gasteiger partial charge < -0.3 is 9.88 Å². The number of alkyl halides is 3. The van der Waals surface area contributed by atoms with Crippen LogP contribution < -0.4 is 4.90 Å². The van der Waals surface area contributed by atoms with Crippen molar-refractivity contribution in [1.29, 1.82) is 5.26 Å². The molecule has 1 unspecified atom stereocenters. The molecule has 0 aliphatic carbocycles. The third-order valence-corrected chi connectivity index (χ3v) is 7.33. The quantitative estimate of drug-likeness (QED) is 0.459. The molecule has 1 spiro atoms. The van der Waals surface area contributed by atoms with E-state index in [0.717, 1.165) is 61.2 Å². The number of rotatable bonds is 4. The minimum atomic E-state index is -4.35. The summed E-state index contributed by atoms with van der Waals surface area (Å²) in [6.07, 6.45) is -0.865. The fraction of sp³-hybridized carbons (Fsp3) is 0.440. The highest BCUT2D eigenvalue weighted by molar-refractivity contribution is 5.87. The number of likely N-dealkylation sites (tertiary alicyclic amines) is 1. The number of nitrogens with zero attached hydrogens (tertiary/aromatic N) is 7. The third-order valence-electron chi connectivity index (χ3n) is 7.33. The fourth-order valence-electron chi connectivity index (χ4n) is 5.75. The molecule has 5 heterocycles. The van der Waals surface area contributed by atoms with Crippen LogP contribution in [0.1, 0.15) is 29.9 Å². The molecule has 36 heavy (non-hydrogen) atoms. The topological polar surface area (TPSA) is 89.7 Å². The zero-order valence-electron chi connectivity index (χ0n) is 19.8. The van der Waals surface area contributed by atoms with Crippen LogP contribution >= 0.6 is 0 Å². The van der Waals surface area contributed by atoms with E-state index < -0.39 is 12.7 Å². The van der Waals surface area contributed by atoms with Gasteiger partial charge >= 0.3 is 6.18 Å². The molecule has 186 valence electrons. The second-order valence-electron chi connectivity index (χ2n) is 10.1. The number of aromatic amines is 1. The zero-order valence-corrected chi connectivity index (χ0v) is 19.8. The lowest BCUT2D eigenvalue weighted by Gasteiger charge is -2.25. The van der Waals surface area contributed by atoms with Gasteiger partial charge in [0.2, 0.25) is 0 Å². The number of anilines is 1. The van der Waals surface area contributed by atoms with E-state index in [9.17, 15) is 13.2 Å². The number of hydrogen-bond acceptors (Lipinski definition) is 6. The summed E-state index contributed by atoms with van der Waals surface area (Å²) in [5.74, 6) is 1.18. The standard InChI is InChI=1S/C25H25F3N8/c1-16-30-22-20(12-36(33-22)15-25(26,27)28)23(31-16)35-7-5-24(14-35)4-6-34(13-24)11-17-2-3-18-9-19(10-29)32-21(18)8-17/h2-3,8-9,12,32H,4-7,11,13-15H2,1H3. The second kappa shape index (κ2) is 8.20. The predicted octanol–water partition coefficient (Wildman–Crippen LogP) is 4.15. The van der Waals surface area contributed by atoms with Crippen molar-refractivity contribution in [2.75, 3.05) is 31.1 Å². The first-order valence-electron chi connectivity index (χ1n) is 12.0. The minimum absolute atomic E-state index is 0.123. The van der Waals surface area contributed by atoms with E-state index in [0.29, 0.717) is 28.4 Å². The molecule has 0 saturated carbocycles. The molecule has 2 aliphatic rings. The van der Waals surface area contributed by atoms with Gasteiger partial charge in [-0.2, -0.15) is 23.5 Å². The van der Waals surface area contributed by atoms with Gasteiger partial charge in [-0.05, 0) is 44.0 Å². The summed E-state index contributed by atoms with van der Waals surface area (Å²) in [4.78, 5) is 16.7. The molecule has 2 fully saturated rings. The van der Waals surface area contributed by atoms with E-state index in [-0.39, 0.29) is 5.41 Å². The van der Waals surface area contributed by atoms with Gasteiger partial charge in [0.15, 0.2) is 5.65 Å². The van der Waals surface area contributed by atoms with Gasteiger partial charge in [-0.1, -0.05) is 12.1 Å². The molecule has 1 atom stereocenters. The number of nitrogens with one attached hydrogen (secondary N) is 1. The Labute approximate surface area is 205 Å². The number of nitriles is 1. The first kappa shape index (κ1) is 22.8. The van der Waals surface area contributed by atoms with Crippen LogP contribution in [0.5, 0.6) is 0 Å². The smallest absolute Gasteiger partial charge is 0.355 e. The zero-order chi connectivity index (χ0) is 25.1. The maximum atomic E-state index is 12.9. The van der Waals surface area contributed by atoms with E-state index in [1.807, 2.05) is 12.1 Å². The van der Waals surface area contributed by atoms with Crippen molar-refractivity contribution in [1.82, 2.24) is 29.6 Å². The van der Waals surface area contributed by atoms with Crippen LogP contribution in [-0.4, -0.2) is 62.0 Å². The van der Waals surface area contributed by atoms with Crippen molar-refractivity contribution >= 4 is 27.8 Å². The van der Waals surface area contributed by atoms with Gasteiger partial charge in [-0.25, -0.2) is 9.97 Å². The molecular formula is C25H25F3N8. The maximum Gasteiger partial charge on any atom is 0.408 e. The van der Waals surface area contributed by atoms with E-state index in [1.54, 1.807) is 6.92 Å². The van der Waals surface area contributed by atoms with Crippen molar-refractivity contribution in [2.24, 2.45) is 5.41 Å². The molecule has 2 aliphatic heterocycles. The van der Waals surface area contributed by atoms with Crippen molar-refractivity contribution in [3.8, 4) is 6.07 Å². The minimum Gasteiger partial charge on any atom is -0.355 e. The van der Waals surface area contributed by atoms with Crippen molar-refractivity contribution in [2.45, 2.75) is 39.0 Å². The monoisotopic (exact) mass is 494 g/mol. The second-order valence-corrected chi connectivity index (χ2v) is 10.1. The van der Waals surface area contributed by atoms with Crippen LogP contribution in [0.2, 0.25) is 0 Å². The molecule has 8 nitrogen and oxygen atoms in total. The lowest BCUT2D eigenvalue weighted by molar-refractivity contribution is -0.142. The molecule has 1 aromatic carbocycles. The Bertz CT molecular complexity index is 1500. The number of fused-ring (bicyclic) bond motifs is 2. The Kier molecular flexibility index (Phi) is 5.19. The van der Waals surface area contributed by atoms with Crippen LogP contribution in [0.25, 0.3) is 21.9 Å². The maximum absolute atomic E-state index is 12.9. The van der Waals surface area contributed by atoms with E-state index in [2.05, 4.69) is 48.1 Å². The Hall–Kier alpha value is -3.65. The lowest BCUT2D eigenvalue weighted by atomic mass is 9.86. The third kappa shape index (κ3) is 4.26. The van der Waals surface area contributed by atoms with E-state index >= 15 is 0 Å². The summed E-state index contributed by atoms with van der Waals surface area (Å²) in [7, 11) is 0. The van der Waals surface area contributed by atoms with Gasteiger partial charge in [0.1, 0.15) is 30.0 Å². The summed E-state index contributed by atoms with van der Waals surface area (Å²) >= 11 is 0. The average Bonchev–Trinajstić information content (AvgIpc) is 3.58. The number of halogens is 3. The van der Waals surface area contributed by atoms with Crippen molar-refractivity contribution < 1.29 is 13.2 Å². The Balaban J connectivity index is 1.18. The van der Waals surface area contributed by atoms with Gasteiger partial charge in [-0.15, -0.1) is 0 Å². The van der Waals surface area contributed by atoms with Crippen LogP contribution in [0.4, 0.5) is 19.0 Å². The molecule has 0 bridgehead atoms. The first-order chi connectivity index (χ1) is 17.2. The number of aromatic nitrogens is 5.